The van der Waals surface area contributed by atoms with Crippen LogP contribution < -0.4 is 20.7 Å². The average Bonchev–Trinajstić information content (AvgIpc) is 2.62. The molecule has 4 N–H and O–H groups in total. The third-order valence-corrected chi connectivity index (χ3v) is 4.93. The number of sulfonamides is 1. The van der Waals surface area contributed by atoms with E-state index in [0.717, 1.165) is 5.56 Å². The molecule has 10 heteroatoms. The van der Waals surface area contributed by atoms with Gasteiger partial charge < -0.3 is 20.7 Å². The Balaban J connectivity index is 2.33. The van der Waals surface area contributed by atoms with E-state index in [2.05, 4.69) is 25.7 Å². The van der Waals surface area contributed by atoms with Crippen LogP contribution >= 0.6 is 0 Å². The maximum absolute atomic E-state index is 11.7. The number of nitrogens with zero attached hydrogens (tertiary/aromatic N) is 1. The summed E-state index contributed by atoms with van der Waals surface area (Å²) in [6, 6.07) is 6.60. The molecule has 0 atom stereocenters. The van der Waals surface area contributed by atoms with Crippen molar-refractivity contribution in [3.63, 3.8) is 0 Å². The molecule has 0 spiro atoms. The Morgan fingerprint density at radius 2 is 1.68 bits per heavy atom. The maximum Gasteiger partial charge on any atom is 0.407 e. The van der Waals surface area contributed by atoms with Gasteiger partial charge in [-0.05, 0) is 51.9 Å². The van der Waals surface area contributed by atoms with Crippen LogP contribution in [0.4, 0.5) is 4.79 Å². The van der Waals surface area contributed by atoms with Gasteiger partial charge >= 0.3 is 6.09 Å². The first-order valence-electron chi connectivity index (χ1n) is 9.01. The highest BCUT2D eigenvalue weighted by atomic mass is 32.2. The Bertz CT molecular complexity index is 755. The average molecular weight is 414 g/mol. The summed E-state index contributed by atoms with van der Waals surface area (Å²) < 4.78 is 30.9. The molecule has 158 valence electrons. The van der Waals surface area contributed by atoms with Gasteiger partial charge in [0.25, 0.3) is 0 Å². The van der Waals surface area contributed by atoms with Gasteiger partial charge in [0.1, 0.15) is 5.60 Å². The summed E-state index contributed by atoms with van der Waals surface area (Å²) >= 11 is 0. The molecule has 28 heavy (non-hydrogen) atoms. The van der Waals surface area contributed by atoms with Gasteiger partial charge in [-0.3, -0.25) is 4.99 Å². The zero-order valence-corrected chi connectivity index (χ0v) is 17.9. The van der Waals surface area contributed by atoms with Crippen LogP contribution in [0.5, 0.6) is 0 Å². The van der Waals surface area contributed by atoms with Gasteiger partial charge in [0.15, 0.2) is 5.96 Å². The molecule has 1 aromatic carbocycles. The number of rotatable bonds is 8. The summed E-state index contributed by atoms with van der Waals surface area (Å²) in [6.45, 7) is 7.05. The van der Waals surface area contributed by atoms with Gasteiger partial charge in [0, 0.05) is 26.7 Å². The van der Waals surface area contributed by atoms with Gasteiger partial charge in [-0.15, -0.1) is 0 Å². The highest BCUT2D eigenvalue weighted by molar-refractivity contribution is 7.89. The summed E-state index contributed by atoms with van der Waals surface area (Å²) in [5.41, 5.74) is 0.411. The zero-order chi connectivity index (χ0) is 21.2. The number of benzene rings is 1. The number of guanidine groups is 1. The Labute approximate surface area is 167 Å². The van der Waals surface area contributed by atoms with Crippen molar-refractivity contribution in [2.75, 3.05) is 27.2 Å². The van der Waals surface area contributed by atoms with E-state index < -0.39 is 21.7 Å². The van der Waals surface area contributed by atoms with Crippen LogP contribution in [0.2, 0.25) is 0 Å². The standard InChI is InChI=1S/C18H31N5O4S/c1-18(2,3)27-17(24)22-12-6-11-21-16(19-4)23-13-14-7-9-15(10-8-14)28(25,26)20-5/h7-10,20H,6,11-13H2,1-5H3,(H,22,24)(H2,19,21,23). The van der Waals surface area contributed by atoms with E-state index >= 15 is 0 Å². The topological polar surface area (TPSA) is 121 Å². The lowest BCUT2D eigenvalue weighted by atomic mass is 10.2. The maximum atomic E-state index is 11.7. The van der Waals surface area contributed by atoms with Crippen LogP contribution in [0, 0.1) is 0 Å². The molecule has 0 aromatic heterocycles. The number of hydrogen-bond acceptors (Lipinski definition) is 5. The van der Waals surface area contributed by atoms with E-state index in [1.807, 2.05) is 20.8 Å². The molecule has 0 saturated carbocycles. The summed E-state index contributed by atoms with van der Waals surface area (Å²) in [5, 5.41) is 8.99. The largest absolute Gasteiger partial charge is 0.444 e. The molecule has 0 aliphatic rings. The number of carbonyl (C=O) groups excluding carboxylic acids is 1. The van der Waals surface area contributed by atoms with Crippen LogP contribution in [0.1, 0.15) is 32.8 Å². The van der Waals surface area contributed by atoms with Crippen molar-refractivity contribution in [3.05, 3.63) is 29.8 Å². The second-order valence-corrected chi connectivity index (χ2v) is 8.87. The van der Waals surface area contributed by atoms with E-state index in [0.29, 0.717) is 32.0 Å². The molecule has 0 saturated heterocycles. The van der Waals surface area contributed by atoms with Crippen molar-refractivity contribution in [1.82, 2.24) is 20.7 Å². The smallest absolute Gasteiger partial charge is 0.407 e. The van der Waals surface area contributed by atoms with Crippen molar-refractivity contribution in [2.24, 2.45) is 4.99 Å². The summed E-state index contributed by atoms with van der Waals surface area (Å²) in [4.78, 5) is 15.9. The Morgan fingerprint density at radius 3 is 2.21 bits per heavy atom. The minimum Gasteiger partial charge on any atom is -0.444 e. The van der Waals surface area contributed by atoms with Crippen LogP contribution in [0.3, 0.4) is 0 Å². The number of hydrogen-bond donors (Lipinski definition) is 4. The molecule has 0 aliphatic carbocycles. The highest BCUT2D eigenvalue weighted by Gasteiger charge is 2.15. The Kier molecular flexibility index (Phi) is 9.20. The van der Waals surface area contributed by atoms with Crippen molar-refractivity contribution in [3.8, 4) is 0 Å². The first kappa shape index (κ1) is 23.7. The monoisotopic (exact) mass is 413 g/mol. The number of carbonyl (C=O) groups is 1. The van der Waals surface area contributed by atoms with E-state index in [1.165, 1.54) is 7.05 Å². The number of nitrogens with one attached hydrogen (secondary N) is 4. The van der Waals surface area contributed by atoms with Gasteiger partial charge in [0.2, 0.25) is 10.0 Å². The normalized spacial score (nSPS) is 12.4. The number of amides is 1. The second kappa shape index (κ2) is 10.9. The molecule has 1 rings (SSSR count). The van der Waals surface area contributed by atoms with Crippen LogP contribution in [-0.2, 0) is 21.3 Å². The Hall–Kier alpha value is -2.33. The molecule has 1 amide bonds. The quantitative estimate of drug-likeness (QED) is 0.288. The lowest BCUT2D eigenvalue weighted by molar-refractivity contribution is 0.0527. The third-order valence-electron chi connectivity index (χ3n) is 3.50. The number of ether oxygens (including phenoxy) is 1. The molecule has 0 heterocycles. The predicted octanol–water partition coefficient (Wildman–Crippen LogP) is 1.17. The summed E-state index contributed by atoms with van der Waals surface area (Å²) in [7, 11) is -0.388. The lowest BCUT2D eigenvalue weighted by Crippen LogP contribution is -2.39. The van der Waals surface area contributed by atoms with Crippen molar-refractivity contribution >= 4 is 22.1 Å². The highest BCUT2D eigenvalue weighted by Crippen LogP contribution is 2.10. The fraction of sp³-hybridized carbons (Fsp3) is 0.556. The summed E-state index contributed by atoms with van der Waals surface area (Å²) in [5.74, 6) is 0.615. The van der Waals surface area contributed by atoms with Crippen molar-refractivity contribution in [2.45, 2.75) is 44.2 Å². The van der Waals surface area contributed by atoms with Gasteiger partial charge in [-0.25, -0.2) is 17.9 Å². The first-order valence-corrected chi connectivity index (χ1v) is 10.5. The summed E-state index contributed by atoms with van der Waals surface area (Å²) in [6.07, 6.45) is 0.273. The molecule has 0 aliphatic heterocycles. The third kappa shape index (κ3) is 9.05. The molecule has 0 fully saturated rings. The Morgan fingerprint density at radius 1 is 1.07 bits per heavy atom. The van der Waals surface area contributed by atoms with Crippen LogP contribution in [0.25, 0.3) is 0 Å². The van der Waals surface area contributed by atoms with Crippen LogP contribution in [0.15, 0.2) is 34.2 Å². The zero-order valence-electron chi connectivity index (χ0n) is 17.1. The molecule has 9 nitrogen and oxygen atoms in total. The molecular weight excluding hydrogens is 382 g/mol. The van der Waals surface area contributed by atoms with Crippen molar-refractivity contribution < 1.29 is 17.9 Å². The number of aliphatic imine (C=N–C) groups is 1. The molecular formula is C18H31N5O4S. The van der Waals surface area contributed by atoms with Gasteiger partial charge in [-0.1, -0.05) is 12.1 Å². The SMILES string of the molecule is CN=C(NCCCNC(=O)OC(C)(C)C)NCc1ccc(S(=O)(=O)NC)cc1. The predicted molar refractivity (Wildman–Crippen MR) is 110 cm³/mol. The fourth-order valence-electron chi connectivity index (χ4n) is 2.11. The molecule has 0 radical (unpaired) electrons. The van der Waals surface area contributed by atoms with E-state index in [4.69, 9.17) is 4.74 Å². The molecule has 0 unspecified atom stereocenters. The van der Waals surface area contributed by atoms with Gasteiger partial charge in [-0.2, -0.15) is 0 Å². The molecule has 0 bridgehead atoms. The molecule has 1 aromatic rings. The lowest BCUT2D eigenvalue weighted by Gasteiger charge is -2.19. The number of alkyl carbamates (subject to hydrolysis) is 1. The van der Waals surface area contributed by atoms with Crippen LogP contribution in [-0.4, -0.2) is 53.3 Å². The van der Waals surface area contributed by atoms with E-state index in [9.17, 15) is 13.2 Å². The fourth-order valence-corrected chi connectivity index (χ4v) is 2.84. The minimum absolute atomic E-state index is 0.221. The first-order chi connectivity index (χ1) is 13.1. The van der Waals surface area contributed by atoms with Crippen molar-refractivity contribution in [1.29, 1.82) is 0 Å². The second-order valence-electron chi connectivity index (χ2n) is 6.99. The van der Waals surface area contributed by atoms with E-state index in [1.54, 1.807) is 31.3 Å². The minimum atomic E-state index is -3.43. The van der Waals surface area contributed by atoms with E-state index in [-0.39, 0.29) is 4.90 Å². The van der Waals surface area contributed by atoms with Gasteiger partial charge in [0.05, 0.1) is 4.90 Å².